The van der Waals surface area contributed by atoms with Gasteiger partial charge >= 0.3 is 6.03 Å². The lowest BCUT2D eigenvalue weighted by Gasteiger charge is -2.10. The van der Waals surface area contributed by atoms with Gasteiger partial charge in [0.15, 0.2) is 0 Å². The summed E-state index contributed by atoms with van der Waals surface area (Å²) in [5.41, 5.74) is 5.23. The number of nitrogens with zero attached hydrogens (tertiary/aromatic N) is 2. The minimum Gasteiger partial charge on any atom is -0.334 e. The maximum absolute atomic E-state index is 12.0. The van der Waals surface area contributed by atoms with Crippen LogP contribution in [0.1, 0.15) is 16.7 Å². The SMILES string of the molecule is Cc1ccc(NC(=O)NCc2ccc(-n3ccnc3)cc2)cc1C. The van der Waals surface area contributed by atoms with E-state index in [1.165, 1.54) is 5.56 Å². The average Bonchev–Trinajstić information content (AvgIpc) is 3.11. The van der Waals surface area contributed by atoms with Gasteiger partial charge in [0, 0.05) is 30.3 Å². The van der Waals surface area contributed by atoms with Gasteiger partial charge in [0.25, 0.3) is 0 Å². The number of hydrogen-bond acceptors (Lipinski definition) is 2. The van der Waals surface area contributed by atoms with E-state index in [1.54, 1.807) is 12.5 Å². The molecule has 2 amide bonds. The van der Waals surface area contributed by atoms with E-state index < -0.39 is 0 Å². The van der Waals surface area contributed by atoms with Crippen molar-refractivity contribution in [2.24, 2.45) is 0 Å². The number of rotatable bonds is 4. The van der Waals surface area contributed by atoms with Gasteiger partial charge in [0.1, 0.15) is 0 Å². The maximum Gasteiger partial charge on any atom is 0.319 e. The molecule has 5 nitrogen and oxygen atoms in total. The summed E-state index contributed by atoms with van der Waals surface area (Å²) in [5.74, 6) is 0. The molecule has 0 aliphatic rings. The Bertz CT molecular complexity index is 823. The number of carbonyl (C=O) groups is 1. The zero-order valence-corrected chi connectivity index (χ0v) is 13.8. The highest BCUT2D eigenvalue weighted by molar-refractivity contribution is 5.89. The van der Waals surface area contributed by atoms with Crippen molar-refractivity contribution < 1.29 is 4.79 Å². The second-order valence-electron chi connectivity index (χ2n) is 5.74. The van der Waals surface area contributed by atoms with Crippen LogP contribution in [0.15, 0.2) is 61.2 Å². The third-order valence-electron chi connectivity index (χ3n) is 3.96. The zero-order valence-electron chi connectivity index (χ0n) is 13.8. The summed E-state index contributed by atoms with van der Waals surface area (Å²) in [6.07, 6.45) is 5.39. The number of carbonyl (C=O) groups excluding carboxylic acids is 1. The molecule has 0 radical (unpaired) electrons. The zero-order chi connectivity index (χ0) is 16.9. The molecule has 0 saturated heterocycles. The fraction of sp³-hybridized carbons (Fsp3) is 0.158. The molecule has 1 heterocycles. The largest absolute Gasteiger partial charge is 0.334 e. The molecular weight excluding hydrogens is 300 g/mol. The van der Waals surface area contributed by atoms with Gasteiger partial charge in [-0.15, -0.1) is 0 Å². The Morgan fingerprint density at radius 3 is 2.54 bits per heavy atom. The van der Waals surface area contributed by atoms with Crippen LogP contribution < -0.4 is 10.6 Å². The summed E-state index contributed by atoms with van der Waals surface area (Å²) in [5, 5.41) is 5.72. The summed E-state index contributed by atoms with van der Waals surface area (Å²) >= 11 is 0. The van der Waals surface area contributed by atoms with Gasteiger partial charge in [0.2, 0.25) is 0 Å². The lowest BCUT2D eigenvalue weighted by molar-refractivity contribution is 0.251. The quantitative estimate of drug-likeness (QED) is 0.768. The first-order valence-corrected chi connectivity index (χ1v) is 7.81. The van der Waals surface area contributed by atoms with Crippen LogP contribution in [0.25, 0.3) is 5.69 Å². The monoisotopic (exact) mass is 320 g/mol. The number of urea groups is 1. The second kappa shape index (κ2) is 7.00. The second-order valence-corrected chi connectivity index (χ2v) is 5.74. The van der Waals surface area contributed by atoms with E-state index in [9.17, 15) is 4.79 Å². The van der Waals surface area contributed by atoms with Crippen LogP contribution in [0.5, 0.6) is 0 Å². The number of nitrogens with one attached hydrogen (secondary N) is 2. The predicted molar refractivity (Wildman–Crippen MR) is 95.3 cm³/mol. The number of aryl methyl sites for hydroxylation is 2. The fourth-order valence-electron chi connectivity index (χ4n) is 2.37. The van der Waals surface area contributed by atoms with E-state index >= 15 is 0 Å². The van der Waals surface area contributed by atoms with Crippen molar-refractivity contribution in [3.63, 3.8) is 0 Å². The van der Waals surface area contributed by atoms with Gasteiger partial charge in [0.05, 0.1) is 6.33 Å². The van der Waals surface area contributed by atoms with Crippen molar-refractivity contribution in [2.45, 2.75) is 20.4 Å². The molecule has 0 saturated carbocycles. The first-order chi connectivity index (χ1) is 11.6. The molecule has 3 rings (SSSR count). The molecule has 2 N–H and O–H groups in total. The van der Waals surface area contributed by atoms with Crippen molar-refractivity contribution in [1.29, 1.82) is 0 Å². The van der Waals surface area contributed by atoms with Gasteiger partial charge < -0.3 is 15.2 Å². The van der Waals surface area contributed by atoms with E-state index in [-0.39, 0.29) is 6.03 Å². The van der Waals surface area contributed by atoms with Gasteiger partial charge in [-0.3, -0.25) is 0 Å². The Labute approximate surface area is 141 Å². The summed E-state index contributed by atoms with van der Waals surface area (Å²) in [4.78, 5) is 16.0. The van der Waals surface area contributed by atoms with Crippen LogP contribution in [-0.4, -0.2) is 15.6 Å². The highest BCUT2D eigenvalue weighted by atomic mass is 16.2. The topological polar surface area (TPSA) is 59.0 Å². The molecule has 5 heteroatoms. The standard InChI is InChI=1S/C19H20N4O/c1-14-3-6-17(11-15(14)2)22-19(24)21-12-16-4-7-18(8-5-16)23-10-9-20-13-23/h3-11,13H,12H2,1-2H3,(H2,21,22,24). The highest BCUT2D eigenvalue weighted by Crippen LogP contribution is 2.14. The van der Waals surface area contributed by atoms with Crippen molar-refractivity contribution in [1.82, 2.24) is 14.9 Å². The summed E-state index contributed by atoms with van der Waals surface area (Å²) < 4.78 is 1.93. The van der Waals surface area contributed by atoms with Crippen LogP contribution >= 0.6 is 0 Å². The molecule has 0 spiro atoms. The number of aromatic nitrogens is 2. The minimum atomic E-state index is -0.211. The van der Waals surface area contributed by atoms with Gasteiger partial charge in [-0.2, -0.15) is 0 Å². The van der Waals surface area contributed by atoms with E-state index in [1.807, 2.05) is 67.1 Å². The summed E-state index contributed by atoms with van der Waals surface area (Å²) in [7, 11) is 0. The summed E-state index contributed by atoms with van der Waals surface area (Å²) in [6.45, 7) is 4.55. The normalized spacial score (nSPS) is 10.4. The Balaban J connectivity index is 1.55. The Hall–Kier alpha value is -3.08. The first kappa shape index (κ1) is 15.8. The number of anilines is 1. The third kappa shape index (κ3) is 3.81. The van der Waals surface area contributed by atoms with Crippen molar-refractivity contribution in [3.05, 3.63) is 77.9 Å². The van der Waals surface area contributed by atoms with Crippen molar-refractivity contribution >= 4 is 11.7 Å². The Morgan fingerprint density at radius 1 is 1.08 bits per heavy atom. The van der Waals surface area contributed by atoms with E-state index in [0.29, 0.717) is 6.54 Å². The molecule has 2 aromatic carbocycles. The lowest BCUT2D eigenvalue weighted by Crippen LogP contribution is -2.28. The predicted octanol–water partition coefficient (Wildman–Crippen LogP) is 3.81. The Kier molecular flexibility index (Phi) is 4.61. The average molecular weight is 320 g/mol. The molecule has 0 aliphatic heterocycles. The molecule has 0 atom stereocenters. The van der Waals surface area contributed by atoms with Gasteiger partial charge in [-0.05, 0) is 54.8 Å². The van der Waals surface area contributed by atoms with E-state index in [2.05, 4.69) is 15.6 Å². The van der Waals surface area contributed by atoms with E-state index in [0.717, 1.165) is 22.5 Å². The van der Waals surface area contributed by atoms with Gasteiger partial charge in [-0.25, -0.2) is 9.78 Å². The molecular formula is C19H20N4O. The first-order valence-electron chi connectivity index (χ1n) is 7.81. The highest BCUT2D eigenvalue weighted by Gasteiger charge is 2.03. The van der Waals surface area contributed by atoms with Crippen LogP contribution in [0.2, 0.25) is 0 Å². The van der Waals surface area contributed by atoms with E-state index in [4.69, 9.17) is 0 Å². The number of benzene rings is 2. The van der Waals surface area contributed by atoms with Crippen molar-refractivity contribution in [3.8, 4) is 5.69 Å². The molecule has 1 aromatic heterocycles. The molecule has 0 unspecified atom stereocenters. The Morgan fingerprint density at radius 2 is 1.88 bits per heavy atom. The smallest absolute Gasteiger partial charge is 0.319 e. The maximum atomic E-state index is 12.0. The lowest BCUT2D eigenvalue weighted by atomic mass is 10.1. The van der Waals surface area contributed by atoms with Gasteiger partial charge in [-0.1, -0.05) is 18.2 Å². The number of amides is 2. The van der Waals surface area contributed by atoms with Crippen LogP contribution in [0.3, 0.4) is 0 Å². The van der Waals surface area contributed by atoms with Crippen LogP contribution in [-0.2, 0) is 6.54 Å². The minimum absolute atomic E-state index is 0.211. The number of hydrogen-bond donors (Lipinski definition) is 2. The molecule has 0 aliphatic carbocycles. The molecule has 122 valence electrons. The summed E-state index contributed by atoms with van der Waals surface area (Å²) in [6, 6.07) is 13.6. The fourth-order valence-corrected chi connectivity index (χ4v) is 2.37. The molecule has 0 bridgehead atoms. The van der Waals surface area contributed by atoms with Crippen LogP contribution in [0.4, 0.5) is 10.5 Å². The molecule has 3 aromatic rings. The number of imidazole rings is 1. The molecule has 24 heavy (non-hydrogen) atoms. The molecule has 0 fully saturated rings. The van der Waals surface area contributed by atoms with Crippen LogP contribution in [0, 0.1) is 13.8 Å². The third-order valence-corrected chi connectivity index (χ3v) is 3.96. The van der Waals surface area contributed by atoms with Crippen molar-refractivity contribution in [2.75, 3.05) is 5.32 Å².